The molecular formula is C7H14O2S. The van der Waals surface area contributed by atoms with E-state index in [4.69, 9.17) is 0 Å². The van der Waals surface area contributed by atoms with Gasteiger partial charge in [0.1, 0.15) is 5.78 Å². The largest absolute Gasteiger partial charge is 0.299 e. The van der Waals surface area contributed by atoms with Crippen LogP contribution in [0.25, 0.3) is 0 Å². The summed E-state index contributed by atoms with van der Waals surface area (Å²) in [6.45, 7) is 6.90. The van der Waals surface area contributed by atoms with Crippen LogP contribution in [0.3, 0.4) is 0 Å². The fourth-order valence-corrected chi connectivity index (χ4v) is 1.72. The van der Waals surface area contributed by atoms with E-state index in [0.29, 0.717) is 0 Å². The van der Waals surface area contributed by atoms with E-state index in [1.54, 1.807) is 6.92 Å². The topological polar surface area (TPSA) is 34.1 Å². The molecule has 0 aliphatic heterocycles. The maximum absolute atomic E-state index is 11.2. The molecule has 2 nitrogen and oxygen atoms in total. The van der Waals surface area contributed by atoms with E-state index in [-0.39, 0.29) is 16.3 Å². The third-order valence-electron chi connectivity index (χ3n) is 1.39. The van der Waals surface area contributed by atoms with Crippen LogP contribution in [-0.2, 0) is 15.6 Å². The van der Waals surface area contributed by atoms with Gasteiger partial charge in [-0.25, -0.2) is 0 Å². The van der Waals surface area contributed by atoms with Gasteiger partial charge in [-0.05, 0) is 13.8 Å². The Morgan fingerprint density at radius 2 is 1.70 bits per heavy atom. The minimum atomic E-state index is -0.996. The average Bonchev–Trinajstić information content (AvgIpc) is 1.84. The number of ketones is 1. The van der Waals surface area contributed by atoms with Gasteiger partial charge in [0.05, 0.1) is 5.25 Å². The molecule has 0 heterocycles. The predicted octanol–water partition coefficient (Wildman–Crippen LogP) is 1.12. The van der Waals surface area contributed by atoms with Gasteiger partial charge in [0.25, 0.3) is 0 Å². The van der Waals surface area contributed by atoms with E-state index in [9.17, 15) is 9.00 Å². The van der Waals surface area contributed by atoms with E-state index in [2.05, 4.69) is 0 Å². The van der Waals surface area contributed by atoms with Crippen molar-refractivity contribution < 1.29 is 9.00 Å². The summed E-state index contributed by atoms with van der Waals surface area (Å²) in [6, 6.07) is 0. The molecule has 0 fully saturated rings. The first-order valence-electron chi connectivity index (χ1n) is 3.36. The highest BCUT2D eigenvalue weighted by Crippen LogP contribution is 2.03. The van der Waals surface area contributed by atoms with Gasteiger partial charge < -0.3 is 0 Å². The lowest BCUT2D eigenvalue weighted by Gasteiger charge is -2.09. The second-order valence-electron chi connectivity index (χ2n) is 2.63. The summed E-state index contributed by atoms with van der Waals surface area (Å²) in [4.78, 5) is 10.7. The SMILES string of the molecule is CC(=O)C(C)S(=O)C(C)C. The van der Waals surface area contributed by atoms with Crippen molar-refractivity contribution in [3.8, 4) is 0 Å². The van der Waals surface area contributed by atoms with E-state index >= 15 is 0 Å². The molecule has 2 atom stereocenters. The van der Waals surface area contributed by atoms with Gasteiger partial charge in [-0.1, -0.05) is 13.8 Å². The first-order chi connectivity index (χ1) is 4.46. The molecule has 0 aromatic rings. The zero-order valence-corrected chi connectivity index (χ0v) is 7.70. The van der Waals surface area contributed by atoms with Crippen LogP contribution >= 0.6 is 0 Å². The summed E-state index contributed by atoms with van der Waals surface area (Å²) in [7, 11) is -0.996. The molecule has 0 rings (SSSR count). The van der Waals surface area contributed by atoms with Crippen molar-refractivity contribution in [3.63, 3.8) is 0 Å². The minimum absolute atomic E-state index is 0.00651. The molecule has 0 aliphatic rings. The summed E-state index contributed by atoms with van der Waals surface area (Å²) in [5.74, 6) is 0.00651. The zero-order chi connectivity index (χ0) is 8.31. The zero-order valence-electron chi connectivity index (χ0n) is 6.88. The molecule has 0 aromatic carbocycles. The third-order valence-corrected chi connectivity index (χ3v) is 3.34. The van der Waals surface area contributed by atoms with E-state index in [1.165, 1.54) is 6.92 Å². The van der Waals surface area contributed by atoms with Gasteiger partial charge in [-0.2, -0.15) is 0 Å². The molecule has 0 aliphatic carbocycles. The molecule has 60 valence electrons. The molecule has 0 aromatic heterocycles. The molecule has 10 heavy (non-hydrogen) atoms. The van der Waals surface area contributed by atoms with Gasteiger partial charge in [0.15, 0.2) is 0 Å². The lowest BCUT2D eigenvalue weighted by molar-refractivity contribution is -0.116. The first kappa shape index (κ1) is 9.82. The van der Waals surface area contributed by atoms with E-state index < -0.39 is 10.8 Å². The maximum atomic E-state index is 11.2. The quantitative estimate of drug-likeness (QED) is 0.623. The van der Waals surface area contributed by atoms with Gasteiger partial charge in [0, 0.05) is 16.0 Å². The van der Waals surface area contributed by atoms with Crippen molar-refractivity contribution in [2.45, 2.75) is 38.2 Å². The Hall–Kier alpha value is -0.180. The molecule has 2 unspecified atom stereocenters. The Balaban J connectivity index is 4.08. The molecule has 0 amide bonds. The number of hydrogen-bond donors (Lipinski definition) is 0. The highest BCUT2D eigenvalue weighted by atomic mass is 32.2. The predicted molar refractivity (Wildman–Crippen MR) is 43.4 cm³/mol. The van der Waals surface area contributed by atoms with Crippen LogP contribution in [0.4, 0.5) is 0 Å². The van der Waals surface area contributed by atoms with Gasteiger partial charge in [0.2, 0.25) is 0 Å². The Bertz CT molecular complexity index is 152. The van der Waals surface area contributed by atoms with Crippen LogP contribution in [0.5, 0.6) is 0 Å². The number of carbonyl (C=O) groups is 1. The highest BCUT2D eigenvalue weighted by molar-refractivity contribution is 7.87. The summed E-state index contributed by atoms with van der Waals surface area (Å²) >= 11 is 0. The lowest BCUT2D eigenvalue weighted by Crippen LogP contribution is -2.25. The smallest absolute Gasteiger partial charge is 0.145 e. The molecule has 3 heteroatoms. The molecule has 0 spiro atoms. The summed E-state index contributed by atoms with van der Waals surface area (Å²) in [5, 5.41) is -0.223. The summed E-state index contributed by atoms with van der Waals surface area (Å²) in [6.07, 6.45) is 0. The van der Waals surface area contributed by atoms with E-state index in [0.717, 1.165) is 0 Å². The van der Waals surface area contributed by atoms with Gasteiger partial charge in [-0.15, -0.1) is 0 Å². The fraction of sp³-hybridized carbons (Fsp3) is 0.857. The summed E-state index contributed by atoms with van der Waals surface area (Å²) in [5.41, 5.74) is 0. The van der Waals surface area contributed by atoms with Crippen LogP contribution in [0, 0.1) is 0 Å². The Kier molecular flexibility index (Phi) is 3.79. The first-order valence-corrected chi connectivity index (χ1v) is 4.64. The van der Waals surface area contributed by atoms with E-state index in [1.807, 2.05) is 13.8 Å². The molecule has 0 N–H and O–H groups in total. The Labute approximate surface area is 64.5 Å². The number of Topliss-reactive ketones (excluding diaryl/α,β-unsaturated/α-hetero) is 1. The molecule has 0 radical (unpaired) electrons. The second kappa shape index (κ2) is 3.86. The van der Waals surface area contributed by atoms with Crippen molar-refractivity contribution in [1.82, 2.24) is 0 Å². The highest BCUT2D eigenvalue weighted by Gasteiger charge is 2.17. The van der Waals surface area contributed by atoms with Crippen LogP contribution in [0.1, 0.15) is 27.7 Å². The number of hydrogen-bond acceptors (Lipinski definition) is 2. The van der Waals surface area contributed by atoms with Gasteiger partial charge >= 0.3 is 0 Å². The molecule has 0 saturated carbocycles. The Morgan fingerprint density at radius 3 is 1.80 bits per heavy atom. The standard InChI is InChI=1S/C7H14O2S/c1-5(2)10(9)7(4)6(3)8/h5,7H,1-4H3. The fourth-order valence-electron chi connectivity index (χ4n) is 0.572. The van der Waals surface area contributed by atoms with Crippen LogP contribution in [0.15, 0.2) is 0 Å². The van der Waals surface area contributed by atoms with Crippen LogP contribution < -0.4 is 0 Å². The normalized spacial score (nSPS) is 16.9. The second-order valence-corrected chi connectivity index (χ2v) is 4.94. The van der Waals surface area contributed by atoms with Crippen molar-refractivity contribution in [2.24, 2.45) is 0 Å². The average molecular weight is 162 g/mol. The summed E-state index contributed by atoms with van der Waals surface area (Å²) < 4.78 is 11.2. The number of carbonyl (C=O) groups excluding carboxylic acids is 1. The van der Waals surface area contributed by atoms with Crippen molar-refractivity contribution >= 4 is 16.6 Å². The van der Waals surface area contributed by atoms with Gasteiger partial charge in [-0.3, -0.25) is 9.00 Å². The Morgan fingerprint density at radius 1 is 1.30 bits per heavy atom. The molecule has 0 saturated heterocycles. The van der Waals surface area contributed by atoms with Crippen molar-refractivity contribution in [3.05, 3.63) is 0 Å². The van der Waals surface area contributed by atoms with Crippen LogP contribution in [0.2, 0.25) is 0 Å². The molecular weight excluding hydrogens is 148 g/mol. The minimum Gasteiger partial charge on any atom is -0.299 e. The third kappa shape index (κ3) is 2.60. The molecule has 0 bridgehead atoms. The van der Waals surface area contributed by atoms with Crippen molar-refractivity contribution in [2.75, 3.05) is 0 Å². The monoisotopic (exact) mass is 162 g/mol. The van der Waals surface area contributed by atoms with Crippen LogP contribution in [-0.4, -0.2) is 20.5 Å². The van der Waals surface area contributed by atoms with Crippen molar-refractivity contribution in [1.29, 1.82) is 0 Å². The number of rotatable bonds is 3. The maximum Gasteiger partial charge on any atom is 0.145 e. The lowest BCUT2D eigenvalue weighted by atomic mass is 10.3.